The summed E-state index contributed by atoms with van der Waals surface area (Å²) in [5.41, 5.74) is 2.77. The van der Waals surface area contributed by atoms with Crippen molar-refractivity contribution in [3.8, 4) is 0 Å². The van der Waals surface area contributed by atoms with Gasteiger partial charge in [-0.2, -0.15) is 0 Å². The summed E-state index contributed by atoms with van der Waals surface area (Å²) in [6.07, 6.45) is 3.73. The van der Waals surface area contributed by atoms with Gasteiger partial charge in [0, 0.05) is 12.1 Å². The van der Waals surface area contributed by atoms with E-state index in [9.17, 15) is 0 Å². The lowest BCUT2D eigenvalue weighted by Crippen LogP contribution is -2.56. The van der Waals surface area contributed by atoms with E-state index in [1.54, 1.807) is 0 Å². The lowest BCUT2D eigenvalue weighted by molar-refractivity contribution is -0.162. The molecule has 2 rings (SSSR count). The Hall–Kier alpha value is -0.650. The maximum atomic E-state index is 7.38. The van der Waals surface area contributed by atoms with Crippen LogP contribution in [0.2, 0.25) is 0 Å². The number of hydrogen-bond acceptors (Lipinski definition) is 5. The van der Waals surface area contributed by atoms with Crippen LogP contribution in [-0.2, 0) is 4.84 Å². The third-order valence-electron chi connectivity index (χ3n) is 2.99. The number of hydrogen-bond donors (Lipinski definition) is 2. The second-order valence-corrected chi connectivity index (χ2v) is 4.18. The van der Waals surface area contributed by atoms with Crippen LogP contribution in [0.1, 0.15) is 33.1 Å². The summed E-state index contributed by atoms with van der Waals surface area (Å²) in [5, 5.41) is 11.6. The van der Waals surface area contributed by atoms with Crippen LogP contribution in [0.4, 0.5) is 0 Å². The van der Waals surface area contributed by atoms with Gasteiger partial charge in [0.15, 0.2) is 0 Å². The summed E-state index contributed by atoms with van der Waals surface area (Å²) in [5.74, 6) is 0.287. The van der Waals surface area contributed by atoms with E-state index in [1.807, 2.05) is 5.12 Å². The molecule has 2 aliphatic heterocycles. The third-order valence-corrected chi connectivity index (χ3v) is 2.99. The highest BCUT2D eigenvalue weighted by Crippen LogP contribution is 2.24. The number of nitrogens with one attached hydrogen (secondary N) is 2. The van der Waals surface area contributed by atoms with Crippen molar-refractivity contribution in [3.05, 3.63) is 0 Å². The molecule has 2 fully saturated rings. The minimum atomic E-state index is 0.287. The van der Waals surface area contributed by atoms with Gasteiger partial charge < -0.3 is 4.84 Å². The zero-order valence-corrected chi connectivity index (χ0v) is 8.79. The van der Waals surface area contributed by atoms with Crippen LogP contribution in [0, 0.1) is 5.41 Å². The molecule has 2 saturated heterocycles. The van der Waals surface area contributed by atoms with Crippen LogP contribution in [0.15, 0.2) is 0 Å². The standard InChI is InChI=1S/C9H18N4O/c1-7-4-3-5-8(2)13(7)12-6-9(10)14-11-12/h7-8,10-11H,3-6H2,1-2H3. The molecule has 5 heteroatoms. The molecule has 0 spiro atoms. The van der Waals surface area contributed by atoms with Crippen LogP contribution < -0.4 is 5.59 Å². The second-order valence-electron chi connectivity index (χ2n) is 4.18. The first kappa shape index (κ1) is 9.89. The first-order valence-electron chi connectivity index (χ1n) is 5.24. The van der Waals surface area contributed by atoms with E-state index in [2.05, 4.69) is 24.4 Å². The molecule has 5 nitrogen and oxygen atoms in total. The number of nitrogens with zero attached hydrogens (tertiary/aromatic N) is 2. The molecule has 2 heterocycles. The van der Waals surface area contributed by atoms with Gasteiger partial charge in [-0.25, -0.2) is 5.01 Å². The zero-order chi connectivity index (χ0) is 10.1. The lowest BCUT2D eigenvalue weighted by atomic mass is 10.00. The zero-order valence-electron chi connectivity index (χ0n) is 8.79. The maximum absolute atomic E-state index is 7.38. The fourth-order valence-electron chi connectivity index (χ4n) is 2.32. The van der Waals surface area contributed by atoms with Gasteiger partial charge in [-0.1, -0.05) is 12.0 Å². The fourth-order valence-corrected chi connectivity index (χ4v) is 2.32. The van der Waals surface area contributed by atoms with Crippen LogP contribution in [0.25, 0.3) is 0 Å². The Morgan fingerprint density at radius 1 is 1.36 bits per heavy atom. The maximum Gasteiger partial charge on any atom is 0.225 e. The Labute approximate surface area is 84.4 Å². The van der Waals surface area contributed by atoms with Crippen molar-refractivity contribution in [3.63, 3.8) is 0 Å². The van der Waals surface area contributed by atoms with Crippen LogP contribution in [-0.4, -0.2) is 34.7 Å². The average molecular weight is 198 g/mol. The largest absolute Gasteiger partial charge is 0.376 e. The van der Waals surface area contributed by atoms with Crippen molar-refractivity contribution in [2.75, 3.05) is 6.54 Å². The van der Waals surface area contributed by atoms with E-state index in [0.717, 1.165) is 0 Å². The normalized spacial score (nSPS) is 36.0. The van der Waals surface area contributed by atoms with Gasteiger partial charge in [0.25, 0.3) is 0 Å². The van der Waals surface area contributed by atoms with Crippen LogP contribution >= 0.6 is 0 Å². The minimum Gasteiger partial charge on any atom is -0.376 e. The quantitative estimate of drug-likeness (QED) is 0.657. The molecule has 0 aromatic rings. The van der Waals surface area contributed by atoms with E-state index in [0.29, 0.717) is 18.6 Å². The lowest BCUT2D eigenvalue weighted by Gasteiger charge is -2.42. The third kappa shape index (κ3) is 1.75. The van der Waals surface area contributed by atoms with E-state index >= 15 is 0 Å². The van der Waals surface area contributed by atoms with Crippen molar-refractivity contribution < 1.29 is 4.84 Å². The number of rotatable bonds is 1. The molecule has 0 aromatic heterocycles. The molecule has 0 amide bonds. The van der Waals surface area contributed by atoms with E-state index in [4.69, 9.17) is 10.2 Å². The average Bonchev–Trinajstić information content (AvgIpc) is 2.51. The van der Waals surface area contributed by atoms with Gasteiger partial charge in [-0.3, -0.25) is 5.41 Å². The molecule has 2 aliphatic rings. The van der Waals surface area contributed by atoms with Gasteiger partial charge in [-0.05, 0) is 26.7 Å². The van der Waals surface area contributed by atoms with Gasteiger partial charge in [0.1, 0.15) is 6.54 Å². The molecule has 0 saturated carbocycles. The van der Waals surface area contributed by atoms with E-state index in [1.165, 1.54) is 19.3 Å². The fraction of sp³-hybridized carbons (Fsp3) is 0.889. The van der Waals surface area contributed by atoms with E-state index < -0.39 is 0 Å². The molecular formula is C9H18N4O. The topological polar surface area (TPSA) is 51.6 Å². The molecule has 14 heavy (non-hydrogen) atoms. The summed E-state index contributed by atoms with van der Waals surface area (Å²) >= 11 is 0. The molecule has 0 bridgehead atoms. The molecule has 0 radical (unpaired) electrons. The summed E-state index contributed by atoms with van der Waals surface area (Å²) in [6, 6.07) is 1.06. The second kappa shape index (κ2) is 3.84. The highest BCUT2D eigenvalue weighted by molar-refractivity contribution is 5.75. The van der Waals surface area contributed by atoms with Gasteiger partial charge in [-0.15, -0.1) is 5.12 Å². The molecular weight excluding hydrogens is 180 g/mol. The Morgan fingerprint density at radius 2 is 2.00 bits per heavy atom. The Morgan fingerprint density at radius 3 is 2.50 bits per heavy atom. The van der Waals surface area contributed by atoms with Crippen molar-refractivity contribution in [2.45, 2.75) is 45.2 Å². The molecule has 0 aromatic carbocycles. The SMILES string of the molecule is CC1CCCC(C)N1N1CC(=N)ON1. The van der Waals surface area contributed by atoms with Gasteiger partial charge in [0.2, 0.25) is 5.90 Å². The summed E-state index contributed by atoms with van der Waals surface area (Å²) in [6.45, 7) is 4.98. The van der Waals surface area contributed by atoms with Crippen molar-refractivity contribution in [2.24, 2.45) is 0 Å². The predicted octanol–water partition coefficient (Wildman–Crippen LogP) is 0.893. The summed E-state index contributed by atoms with van der Waals surface area (Å²) in [7, 11) is 0. The van der Waals surface area contributed by atoms with Gasteiger partial charge >= 0.3 is 0 Å². The molecule has 0 aliphatic carbocycles. The first-order valence-corrected chi connectivity index (χ1v) is 5.24. The molecule has 2 atom stereocenters. The Bertz CT molecular complexity index is 223. The Balaban J connectivity index is 2.03. The highest BCUT2D eigenvalue weighted by atomic mass is 16.7. The Kier molecular flexibility index (Phi) is 2.71. The highest BCUT2D eigenvalue weighted by Gasteiger charge is 2.33. The van der Waals surface area contributed by atoms with E-state index in [-0.39, 0.29) is 5.90 Å². The van der Waals surface area contributed by atoms with Gasteiger partial charge in [0.05, 0.1) is 0 Å². The monoisotopic (exact) mass is 198 g/mol. The summed E-state index contributed by atoms with van der Waals surface area (Å²) in [4.78, 5) is 4.93. The number of piperidine rings is 1. The van der Waals surface area contributed by atoms with Crippen LogP contribution in [0.3, 0.4) is 0 Å². The van der Waals surface area contributed by atoms with Crippen LogP contribution in [0.5, 0.6) is 0 Å². The smallest absolute Gasteiger partial charge is 0.225 e. The van der Waals surface area contributed by atoms with Crippen molar-refractivity contribution in [1.29, 1.82) is 5.41 Å². The predicted molar refractivity (Wildman–Crippen MR) is 53.3 cm³/mol. The van der Waals surface area contributed by atoms with Crippen molar-refractivity contribution >= 4 is 5.90 Å². The molecule has 2 unspecified atom stereocenters. The minimum absolute atomic E-state index is 0.287. The summed E-state index contributed by atoms with van der Waals surface area (Å²) < 4.78 is 0. The van der Waals surface area contributed by atoms with Crippen molar-refractivity contribution in [1.82, 2.24) is 15.7 Å². The molecule has 80 valence electrons. The molecule has 2 N–H and O–H groups in total. The number of hydrazine groups is 2. The first-order chi connectivity index (χ1) is 6.68.